The summed E-state index contributed by atoms with van der Waals surface area (Å²) < 4.78 is 12.6. The molecule has 0 spiro atoms. The van der Waals surface area contributed by atoms with E-state index in [-0.39, 0.29) is 11.9 Å². The first-order valence-electron chi connectivity index (χ1n) is 9.35. The van der Waals surface area contributed by atoms with E-state index in [4.69, 9.17) is 9.26 Å². The average Bonchev–Trinajstić information content (AvgIpc) is 3.31. The molecule has 27 heavy (non-hydrogen) atoms. The van der Waals surface area contributed by atoms with Crippen LogP contribution in [0, 0.1) is 0 Å². The molecule has 0 radical (unpaired) electrons. The summed E-state index contributed by atoms with van der Waals surface area (Å²) in [6, 6.07) is 7.80. The van der Waals surface area contributed by atoms with Crippen LogP contribution in [0.3, 0.4) is 0 Å². The number of aryl methyl sites for hydroxylation is 1. The quantitative estimate of drug-likeness (QED) is 0.692. The Morgan fingerprint density at radius 3 is 3.04 bits per heavy atom. The van der Waals surface area contributed by atoms with Gasteiger partial charge in [-0.2, -0.15) is 4.98 Å². The molecule has 1 aromatic carbocycles. The van der Waals surface area contributed by atoms with E-state index < -0.39 is 0 Å². The van der Waals surface area contributed by atoms with Crippen LogP contribution in [0.4, 0.5) is 0 Å². The molecule has 0 N–H and O–H groups in total. The van der Waals surface area contributed by atoms with Crippen molar-refractivity contribution in [2.24, 2.45) is 7.05 Å². The number of likely N-dealkylation sites (tertiary alicyclic amines) is 1. The lowest BCUT2D eigenvalue weighted by molar-refractivity contribution is 0.0563. The van der Waals surface area contributed by atoms with Gasteiger partial charge in [-0.25, -0.2) is 0 Å². The number of piperidine rings is 1. The fourth-order valence-electron chi connectivity index (χ4n) is 3.80. The minimum atomic E-state index is -0.172. The number of rotatable bonds is 5. The number of benzene rings is 1. The summed E-state index contributed by atoms with van der Waals surface area (Å²) in [5.74, 6) is 1.16. The average molecular weight is 368 g/mol. The van der Waals surface area contributed by atoms with Gasteiger partial charge in [0.05, 0.1) is 12.2 Å². The fraction of sp³-hybridized carbons (Fsp3) is 0.450. The number of hydrogen-bond acceptors (Lipinski definition) is 5. The Morgan fingerprint density at radius 2 is 2.19 bits per heavy atom. The maximum atomic E-state index is 13.4. The molecule has 1 atom stereocenters. The number of amides is 1. The van der Waals surface area contributed by atoms with E-state index in [0.29, 0.717) is 31.3 Å². The van der Waals surface area contributed by atoms with Crippen LogP contribution in [0.5, 0.6) is 0 Å². The Bertz CT molecular complexity index is 946. The number of hydrogen-bond donors (Lipinski definition) is 0. The van der Waals surface area contributed by atoms with Crippen molar-refractivity contribution < 1.29 is 14.1 Å². The van der Waals surface area contributed by atoms with Crippen LogP contribution >= 0.6 is 0 Å². The monoisotopic (exact) mass is 368 g/mol. The van der Waals surface area contributed by atoms with Gasteiger partial charge >= 0.3 is 0 Å². The Balaban J connectivity index is 1.63. The second-order valence-corrected chi connectivity index (χ2v) is 6.97. The molecular formula is C20H24N4O3. The number of methoxy groups -OCH3 is 1. The minimum absolute atomic E-state index is 0.0214. The van der Waals surface area contributed by atoms with Gasteiger partial charge in [0.25, 0.3) is 5.91 Å². The number of fused-ring (bicyclic) bond motifs is 1. The number of aromatic nitrogens is 3. The molecule has 1 aliphatic rings. The van der Waals surface area contributed by atoms with E-state index >= 15 is 0 Å². The van der Waals surface area contributed by atoms with Crippen LogP contribution in [0.1, 0.15) is 47.4 Å². The highest BCUT2D eigenvalue weighted by Gasteiger charge is 2.33. The third kappa shape index (κ3) is 3.35. The van der Waals surface area contributed by atoms with Gasteiger partial charge in [-0.15, -0.1) is 0 Å². The van der Waals surface area contributed by atoms with E-state index in [2.05, 4.69) is 10.1 Å². The molecule has 3 aromatic rings. The summed E-state index contributed by atoms with van der Waals surface area (Å²) in [5, 5.41) is 5.01. The molecule has 142 valence electrons. The zero-order valence-corrected chi connectivity index (χ0v) is 15.7. The number of nitrogens with zero attached hydrogens (tertiary/aromatic N) is 4. The lowest BCUT2D eigenvalue weighted by Gasteiger charge is -2.33. The number of ether oxygens (including phenoxy) is 1. The number of carbonyl (C=O) groups is 1. The number of para-hydroxylation sites is 1. The van der Waals surface area contributed by atoms with E-state index in [1.807, 2.05) is 47.0 Å². The maximum absolute atomic E-state index is 13.4. The molecular weight excluding hydrogens is 344 g/mol. The molecule has 2 aromatic heterocycles. The van der Waals surface area contributed by atoms with E-state index in [9.17, 15) is 4.79 Å². The second kappa shape index (κ2) is 7.52. The SMILES string of the molecule is COCCc1noc([C@H]2CCCCN2C(=O)c2cn(C)c3ccccc23)n1. The molecule has 1 aliphatic heterocycles. The van der Waals surface area contributed by atoms with Gasteiger partial charge in [0.2, 0.25) is 5.89 Å². The Morgan fingerprint density at radius 1 is 1.33 bits per heavy atom. The Hall–Kier alpha value is -2.67. The molecule has 7 nitrogen and oxygen atoms in total. The smallest absolute Gasteiger partial charge is 0.256 e. The highest BCUT2D eigenvalue weighted by Crippen LogP contribution is 2.33. The molecule has 3 heterocycles. The zero-order valence-electron chi connectivity index (χ0n) is 15.7. The van der Waals surface area contributed by atoms with Crippen LogP contribution < -0.4 is 0 Å². The van der Waals surface area contributed by atoms with Gasteiger partial charge in [-0.1, -0.05) is 23.4 Å². The summed E-state index contributed by atoms with van der Waals surface area (Å²) in [6.45, 7) is 1.24. The van der Waals surface area contributed by atoms with Gasteiger partial charge in [-0.3, -0.25) is 4.79 Å². The normalized spacial score (nSPS) is 17.6. The lowest BCUT2D eigenvalue weighted by Crippen LogP contribution is -2.38. The molecule has 1 saturated heterocycles. The summed E-state index contributed by atoms with van der Waals surface area (Å²) in [4.78, 5) is 19.8. The summed E-state index contributed by atoms with van der Waals surface area (Å²) in [5.41, 5.74) is 1.77. The van der Waals surface area contributed by atoms with E-state index in [0.717, 1.165) is 35.7 Å². The predicted molar refractivity (Wildman–Crippen MR) is 100 cm³/mol. The topological polar surface area (TPSA) is 73.4 Å². The van der Waals surface area contributed by atoms with Crippen molar-refractivity contribution in [1.82, 2.24) is 19.6 Å². The van der Waals surface area contributed by atoms with Crippen molar-refractivity contribution in [3.05, 3.63) is 47.7 Å². The van der Waals surface area contributed by atoms with Crippen molar-refractivity contribution in [2.45, 2.75) is 31.7 Å². The first kappa shape index (κ1) is 17.7. The predicted octanol–water partition coefficient (Wildman–Crippen LogP) is 3.12. The third-order valence-corrected chi connectivity index (χ3v) is 5.19. The molecule has 7 heteroatoms. The van der Waals surface area contributed by atoms with Gasteiger partial charge in [0, 0.05) is 44.2 Å². The summed E-state index contributed by atoms with van der Waals surface area (Å²) in [7, 11) is 3.61. The van der Waals surface area contributed by atoms with Gasteiger partial charge in [0.15, 0.2) is 5.82 Å². The van der Waals surface area contributed by atoms with Crippen LogP contribution in [-0.2, 0) is 18.2 Å². The summed E-state index contributed by atoms with van der Waals surface area (Å²) in [6.07, 6.45) is 5.38. The molecule has 4 rings (SSSR count). The van der Waals surface area contributed by atoms with Gasteiger partial charge in [-0.05, 0) is 25.3 Å². The molecule has 0 bridgehead atoms. The van der Waals surface area contributed by atoms with Crippen molar-refractivity contribution >= 4 is 16.8 Å². The van der Waals surface area contributed by atoms with Crippen LogP contribution in [0.25, 0.3) is 10.9 Å². The lowest BCUT2D eigenvalue weighted by atomic mass is 10.0. The highest BCUT2D eigenvalue weighted by molar-refractivity contribution is 6.07. The molecule has 0 aliphatic carbocycles. The first-order chi connectivity index (χ1) is 13.2. The van der Waals surface area contributed by atoms with E-state index in [1.54, 1.807) is 7.11 Å². The van der Waals surface area contributed by atoms with Crippen molar-refractivity contribution in [1.29, 1.82) is 0 Å². The Kier molecular flexibility index (Phi) is 4.94. The van der Waals surface area contributed by atoms with Crippen LogP contribution in [-0.4, -0.2) is 45.8 Å². The van der Waals surface area contributed by atoms with Gasteiger partial charge < -0.3 is 18.7 Å². The van der Waals surface area contributed by atoms with E-state index in [1.165, 1.54) is 0 Å². The maximum Gasteiger partial charge on any atom is 0.256 e. The molecule has 1 fully saturated rings. The fourth-order valence-corrected chi connectivity index (χ4v) is 3.80. The van der Waals surface area contributed by atoms with Crippen molar-refractivity contribution in [2.75, 3.05) is 20.3 Å². The third-order valence-electron chi connectivity index (χ3n) is 5.19. The second-order valence-electron chi connectivity index (χ2n) is 6.97. The first-order valence-corrected chi connectivity index (χ1v) is 9.35. The zero-order chi connectivity index (χ0) is 18.8. The largest absolute Gasteiger partial charge is 0.384 e. The van der Waals surface area contributed by atoms with Crippen molar-refractivity contribution in [3.8, 4) is 0 Å². The molecule has 0 saturated carbocycles. The Labute approximate surface area is 157 Å². The minimum Gasteiger partial charge on any atom is -0.384 e. The van der Waals surface area contributed by atoms with Crippen LogP contribution in [0.2, 0.25) is 0 Å². The molecule has 0 unspecified atom stereocenters. The van der Waals surface area contributed by atoms with Crippen molar-refractivity contribution in [3.63, 3.8) is 0 Å². The molecule has 1 amide bonds. The standard InChI is InChI=1S/C20H24N4O3/c1-23-13-15(14-7-3-4-8-16(14)23)20(25)24-11-6-5-9-17(24)19-21-18(22-27-19)10-12-26-2/h3-4,7-8,13,17H,5-6,9-12H2,1-2H3/t17-/m1/s1. The summed E-state index contributed by atoms with van der Waals surface area (Å²) >= 11 is 0. The van der Waals surface area contributed by atoms with Gasteiger partial charge in [0.1, 0.15) is 6.04 Å². The highest BCUT2D eigenvalue weighted by atomic mass is 16.5. The van der Waals surface area contributed by atoms with Crippen LogP contribution in [0.15, 0.2) is 35.0 Å². The number of carbonyl (C=O) groups excluding carboxylic acids is 1.